The molecule has 1 fully saturated rings. The summed E-state index contributed by atoms with van der Waals surface area (Å²) in [5.41, 5.74) is 2.64. The van der Waals surface area contributed by atoms with E-state index in [1.165, 1.54) is 11.3 Å². The van der Waals surface area contributed by atoms with E-state index in [0.717, 1.165) is 26.2 Å². The lowest BCUT2D eigenvalue weighted by atomic mass is 10.00. The number of carbonyl (C=O) groups is 1. The van der Waals surface area contributed by atoms with Gasteiger partial charge in [-0.15, -0.1) is 0 Å². The largest absolute Gasteiger partial charge is 0.484 e. The Balaban J connectivity index is 1.53. The lowest BCUT2D eigenvalue weighted by Gasteiger charge is -2.37. The van der Waals surface area contributed by atoms with Gasteiger partial charge in [-0.25, -0.2) is 0 Å². The average Bonchev–Trinajstić information content (AvgIpc) is 2.67. The number of rotatable bonds is 5. The number of carbonyl (C=O) groups excluding carboxylic acids is 1. The summed E-state index contributed by atoms with van der Waals surface area (Å²) in [7, 11) is 0. The predicted molar refractivity (Wildman–Crippen MR) is 106 cm³/mol. The van der Waals surface area contributed by atoms with Crippen LogP contribution in [0.3, 0.4) is 0 Å². The zero-order chi connectivity index (χ0) is 18.5. The van der Waals surface area contributed by atoms with Crippen LogP contribution >= 0.6 is 11.6 Å². The number of hydrogen-bond donors (Lipinski definition) is 0. The standard InChI is InChI=1S/C21H25ClN2O2/c1-16(2)19-5-3-4-6-20(19)23-11-13-24(14-12-23)21(25)15-26-18-9-7-17(22)8-10-18/h3-10,16H,11-15H2,1-2H3. The van der Waals surface area contributed by atoms with Crippen LogP contribution in [0.2, 0.25) is 5.02 Å². The van der Waals surface area contributed by atoms with Crippen LogP contribution < -0.4 is 9.64 Å². The van der Waals surface area contributed by atoms with Crippen molar-refractivity contribution in [3.05, 3.63) is 59.1 Å². The number of halogens is 1. The lowest BCUT2D eigenvalue weighted by Crippen LogP contribution is -2.50. The van der Waals surface area contributed by atoms with Gasteiger partial charge in [0.1, 0.15) is 5.75 Å². The van der Waals surface area contributed by atoms with Crippen LogP contribution in [0.5, 0.6) is 5.75 Å². The summed E-state index contributed by atoms with van der Waals surface area (Å²) >= 11 is 5.86. The summed E-state index contributed by atoms with van der Waals surface area (Å²) < 4.78 is 5.57. The molecule has 0 N–H and O–H groups in total. The molecule has 0 unspecified atom stereocenters. The second kappa shape index (κ2) is 8.45. The topological polar surface area (TPSA) is 32.8 Å². The van der Waals surface area contributed by atoms with Crippen LogP contribution in [0.15, 0.2) is 48.5 Å². The highest BCUT2D eigenvalue weighted by Gasteiger charge is 2.23. The van der Waals surface area contributed by atoms with Crippen molar-refractivity contribution < 1.29 is 9.53 Å². The van der Waals surface area contributed by atoms with Crippen molar-refractivity contribution in [1.82, 2.24) is 4.90 Å². The lowest BCUT2D eigenvalue weighted by molar-refractivity contribution is -0.133. The van der Waals surface area contributed by atoms with Crippen LogP contribution in [0.1, 0.15) is 25.3 Å². The van der Waals surface area contributed by atoms with Crippen LogP contribution in [0, 0.1) is 0 Å². The third-order valence-corrected chi connectivity index (χ3v) is 4.96. The summed E-state index contributed by atoms with van der Waals surface area (Å²) in [5.74, 6) is 1.17. The summed E-state index contributed by atoms with van der Waals surface area (Å²) in [5, 5.41) is 0.654. The molecule has 1 aliphatic heterocycles. The summed E-state index contributed by atoms with van der Waals surface area (Å²) in [6.07, 6.45) is 0. The summed E-state index contributed by atoms with van der Waals surface area (Å²) in [6.45, 7) is 7.61. The number of anilines is 1. The fourth-order valence-corrected chi connectivity index (χ4v) is 3.35. The van der Waals surface area contributed by atoms with Gasteiger partial charge in [-0.1, -0.05) is 43.6 Å². The summed E-state index contributed by atoms with van der Waals surface area (Å²) in [4.78, 5) is 16.7. The predicted octanol–water partition coefficient (Wildman–Crippen LogP) is 4.19. The van der Waals surface area contributed by atoms with Gasteiger partial charge >= 0.3 is 0 Å². The number of nitrogens with zero attached hydrogens (tertiary/aromatic N) is 2. The molecule has 5 heteroatoms. The first-order valence-corrected chi connectivity index (χ1v) is 9.42. The maximum absolute atomic E-state index is 12.4. The van der Waals surface area contributed by atoms with E-state index in [1.807, 2.05) is 4.90 Å². The molecule has 0 aliphatic carbocycles. The van der Waals surface area contributed by atoms with Crippen molar-refractivity contribution in [1.29, 1.82) is 0 Å². The molecule has 0 saturated carbocycles. The Hall–Kier alpha value is -2.20. The maximum Gasteiger partial charge on any atom is 0.260 e. The Kier molecular flexibility index (Phi) is 6.04. The molecule has 1 saturated heterocycles. The second-order valence-electron chi connectivity index (χ2n) is 6.82. The van der Waals surface area contributed by atoms with Gasteiger partial charge in [-0.2, -0.15) is 0 Å². The molecular weight excluding hydrogens is 348 g/mol. The Morgan fingerprint density at radius 2 is 1.69 bits per heavy atom. The number of ether oxygens (including phenoxy) is 1. The number of piperazine rings is 1. The monoisotopic (exact) mass is 372 g/mol. The zero-order valence-corrected chi connectivity index (χ0v) is 16.1. The minimum absolute atomic E-state index is 0.0248. The normalized spacial score (nSPS) is 14.6. The highest BCUT2D eigenvalue weighted by Crippen LogP contribution is 2.28. The fourth-order valence-electron chi connectivity index (χ4n) is 3.23. The van der Waals surface area contributed by atoms with Gasteiger partial charge in [0.25, 0.3) is 5.91 Å². The molecule has 138 valence electrons. The Morgan fingerprint density at radius 1 is 1.04 bits per heavy atom. The molecule has 26 heavy (non-hydrogen) atoms. The first-order valence-electron chi connectivity index (χ1n) is 9.04. The van der Waals surface area contributed by atoms with Gasteiger partial charge in [0.15, 0.2) is 6.61 Å². The van der Waals surface area contributed by atoms with Gasteiger partial charge in [0.05, 0.1) is 0 Å². The van der Waals surface area contributed by atoms with Crippen molar-refractivity contribution >= 4 is 23.2 Å². The van der Waals surface area contributed by atoms with E-state index in [9.17, 15) is 4.79 Å². The molecule has 1 heterocycles. The first kappa shape index (κ1) is 18.6. The second-order valence-corrected chi connectivity index (χ2v) is 7.26. The minimum Gasteiger partial charge on any atom is -0.484 e. The average molecular weight is 373 g/mol. The van der Waals surface area contributed by atoms with Gasteiger partial charge in [0.2, 0.25) is 0 Å². The van der Waals surface area contributed by atoms with Gasteiger partial charge < -0.3 is 14.5 Å². The molecule has 0 aromatic heterocycles. The molecular formula is C21H25ClN2O2. The SMILES string of the molecule is CC(C)c1ccccc1N1CCN(C(=O)COc2ccc(Cl)cc2)CC1. The number of amides is 1. The molecule has 4 nitrogen and oxygen atoms in total. The first-order chi connectivity index (χ1) is 12.5. The van der Waals surface area contributed by atoms with E-state index < -0.39 is 0 Å². The van der Waals surface area contributed by atoms with Gasteiger partial charge in [-0.3, -0.25) is 4.79 Å². The minimum atomic E-state index is 0.0248. The van der Waals surface area contributed by atoms with E-state index in [2.05, 4.69) is 43.0 Å². The van der Waals surface area contributed by atoms with Crippen molar-refractivity contribution in [3.63, 3.8) is 0 Å². The molecule has 2 aromatic rings. The molecule has 0 radical (unpaired) electrons. The smallest absolute Gasteiger partial charge is 0.260 e. The van der Waals surface area contributed by atoms with Gasteiger partial charge in [0, 0.05) is 36.9 Å². The van der Waals surface area contributed by atoms with E-state index >= 15 is 0 Å². The molecule has 0 atom stereocenters. The third kappa shape index (κ3) is 4.50. The van der Waals surface area contributed by atoms with Crippen molar-refractivity contribution in [2.24, 2.45) is 0 Å². The Bertz CT molecular complexity index is 738. The van der Waals surface area contributed by atoms with E-state index in [-0.39, 0.29) is 12.5 Å². The molecule has 2 aromatic carbocycles. The van der Waals surface area contributed by atoms with Crippen molar-refractivity contribution in [2.75, 3.05) is 37.7 Å². The van der Waals surface area contributed by atoms with Crippen LogP contribution in [0.4, 0.5) is 5.69 Å². The summed E-state index contributed by atoms with van der Waals surface area (Å²) in [6, 6.07) is 15.6. The van der Waals surface area contributed by atoms with Crippen molar-refractivity contribution in [3.8, 4) is 5.75 Å². The third-order valence-electron chi connectivity index (χ3n) is 4.71. The fraction of sp³-hybridized carbons (Fsp3) is 0.381. The molecule has 1 aliphatic rings. The molecule has 0 bridgehead atoms. The zero-order valence-electron chi connectivity index (χ0n) is 15.3. The van der Waals surface area contributed by atoms with Gasteiger partial charge in [-0.05, 0) is 41.8 Å². The number of benzene rings is 2. The van der Waals surface area contributed by atoms with E-state index in [4.69, 9.17) is 16.3 Å². The number of hydrogen-bond acceptors (Lipinski definition) is 3. The number of para-hydroxylation sites is 1. The van der Waals surface area contributed by atoms with E-state index in [1.54, 1.807) is 24.3 Å². The highest BCUT2D eigenvalue weighted by atomic mass is 35.5. The molecule has 1 amide bonds. The highest BCUT2D eigenvalue weighted by molar-refractivity contribution is 6.30. The quantitative estimate of drug-likeness (QED) is 0.788. The molecule has 0 spiro atoms. The van der Waals surface area contributed by atoms with Crippen LogP contribution in [0.25, 0.3) is 0 Å². The molecule has 3 rings (SSSR count). The van der Waals surface area contributed by atoms with Crippen LogP contribution in [-0.2, 0) is 4.79 Å². The van der Waals surface area contributed by atoms with Crippen LogP contribution in [-0.4, -0.2) is 43.6 Å². The Morgan fingerprint density at radius 3 is 2.35 bits per heavy atom. The Labute approximate surface area is 160 Å². The van der Waals surface area contributed by atoms with E-state index in [0.29, 0.717) is 16.7 Å². The maximum atomic E-state index is 12.4. The van der Waals surface area contributed by atoms with Crippen molar-refractivity contribution in [2.45, 2.75) is 19.8 Å².